The first kappa shape index (κ1) is 19.7. The van der Waals surface area contributed by atoms with E-state index >= 15 is 0 Å². The van der Waals surface area contributed by atoms with Gasteiger partial charge >= 0.3 is 0 Å². The molecule has 1 spiro atoms. The smallest absolute Gasteiger partial charge is 0.168 e. The average Bonchev–Trinajstić information content (AvgIpc) is 3.23. The van der Waals surface area contributed by atoms with Crippen LogP contribution in [0, 0.1) is 29.1 Å². The lowest BCUT2D eigenvalue weighted by Crippen LogP contribution is -2.47. The van der Waals surface area contributed by atoms with E-state index in [1.807, 2.05) is 0 Å². The Balaban J connectivity index is 1.69. The molecular formula is C22H33NO2S. The highest BCUT2D eigenvalue weighted by Gasteiger charge is 2.46. The molecule has 3 atom stereocenters. The van der Waals surface area contributed by atoms with Crippen LogP contribution in [0.3, 0.4) is 0 Å². The van der Waals surface area contributed by atoms with Crippen LogP contribution < -0.4 is 5.32 Å². The first-order valence-corrected chi connectivity index (χ1v) is 10.8. The van der Waals surface area contributed by atoms with Crippen LogP contribution >= 0.6 is 11.3 Å². The van der Waals surface area contributed by atoms with Crippen molar-refractivity contribution in [3.05, 3.63) is 16.3 Å². The molecule has 3 rings (SSSR count). The first-order valence-electron chi connectivity index (χ1n) is 9.96. The van der Waals surface area contributed by atoms with Gasteiger partial charge < -0.3 is 14.8 Å². The van der Waals surface area contributed by atoms with Gasteiger partial charge in [0.2, 0.25) is 0 Å². The van der Waals surface area contributed by atoms with Crippen LogP contribution in [0.4, 0.5) is 5.69 Å². The molecule has 3 unspecified atom stereocenters. The summed E-state index contributed by atoms with van der Waals surface area (Å²) >= 11 is 1.73. The maximum atomic E-state index is 6.01. The van der Waals surface area contributed by atoms with E-state index < -0.39 is 0 Å². The Hall–Kier alpha value is -1.02. The van der Waals surface area contributed by atoms with E-state index in [0.717, 1.165) is 37.4 Å². The van der Waals surface area contributed by atoms with E-state index in [9.17, 15) is 0 Å². The maximum Gasteiger partial charge on any atom is 0.168 e. The maximum absolute atomic E-state index is 6.01. The Morgan fingerprint density at radius 2 is 2.08 bits per heavy atom. The molecule has 26 heavy (non-hydrogen) atoms. The summed E-state index contributed by atoms with van der Waals surface area (Å²) in [5.74, 6) is 7.54. The molecule has 144 valence electrons. The van der Waals surface area contributed by atoms with Gasteiger partial charge in [-0.2, -0.15) is 0 Å². The molecule has 2 heterocycles. The summed E-state index contributed by atoms with van der Waals surface area (Å²) in [6.45, 7) is 12.6. The average molecular weight is 376 g/mol. The second-order valence-corrected chi connectivity index (χ2v) is 9.76. The van der Waals surface area contributed by atoms with E-state index in [4.69, 9.17) is 9.47 Å². The van der Waals surface area contributed by atoms with Gasteiger partial charge in [-0.25, -0.2) is 0 Å². The van der Waals surface area contributed by atoms with Gasteiger partial charge in [0.15, 0.2) is 5.79 Å². The number of anilines is 1. The van der Waals surface area contributed by atoms with Crippen LogP contribution in [0.25, 0.3) is 0 Å². The van der Waals surface area contributed by atoms with Crippen LogP contribution in [-0.2, 0) is 9.47 Å². The number of ether oxygens (including phenoxy) is 2. The van der Waals surface area contributed by atoms with Gasteiger partial charge in [0.1, 0.15) is 0 Å². The summed E-state index contributed by atoms with van der Waals surface area (Å²) in [6, 6.07) is 2.67. The summed E-state index contributed by atoms with van der Waals surface area (Å²) in [5.41, 5.74) is 1.24. The topological polar surface area (TPSA) is 30.5 Å². The molecule has 3 nitrogen and oxygen atoms in total. The van der Waals surface area contributed by atoms with Gasteiger partial charge in [-0.3, -0.25) is 0 Å². The van der Waals surface area contributed by atoms with Crippen molar-refractivity contribution in [2.24, 2.45) is 17.3 Å². The highest BCUT2D eigenvalue weighted by atomic mass is 32.1. The van der Waals surface area contributed by atoms with Gasteiger partial charge in [-0.15, -0.1) is 11.3 Å². The zero-order valence-corrected chi connectivity index (χ0v) is 17.7. The monoisotopic (exact) mass is 375 g/mol. The van der Waals surface area contributed by atoms with Gasteiger partial charge in [0.05, 0.1) is 18.1 Å². The third kappa shape index (κ3) is 4.82. The van der Waals surface area contributed by atoms with E-state index in [1.165, 1.54) is 12.1 Å². The van der Waals surface area contributed by atoms with Gasteiger partial charge in [0, 0.05) is 35.4 Å². The predicted octanol–water partition coefficient (Wildman–Crippen LogP) is 5.52. The molecule has 0 aromatic carbocycles. The lowest BCUT2D eigenvalue weighted by atomic mass is 9.73. The fourth-order valence-electron chi connectivity index (χ4n) is 3.97. The van der Waals surface area contributed by atoms with Crippen LogP contribution in [0.2, 0.25) is 0 Å². The quantitative estimate of drug-likeness (QED) is 0.703. The SMILES string of the molecule is CCC(C)C1CC2(CCC1Nc1csc(C#CC(C)(C)C)c1)OCCO2. The number of hydrogen-bond acceptors (Lipinski definition) is 4. The number of rotatable bonds is 4. The summed E-state index contributed by atoms with van der Waals surface area (Å²) in [4.78, 5) is 1.14. The minimum Gasteiger partial charge on any atom is -0.381 e. The third-order valence-corrected chi connectivity index (χ3v) is 6.45. The summed E-state index contributed by atoms with van der Waals surface area (Å²) in [7, 11) is 0. The standard InChI is InChI=1S/C22H33NO2S/c1-6-16(2)19-14-22(24-11-12-25-22)10-8-20(19)23-17-13-18(26-15-17)7-9-21(3,4)5/h13,15-16,19-20,23H,6,8,10-12,14H2,1-5H3. The van der Waals surface area contributed by atoms with Crippen LogP contribution in [0.15, 0.2) is 11.4 Å². The Morgan fingerprint density at radius 1 is 1.35 bits per heavy atom. The lowest BCUT2D eigenvalue weighted by molar-refractivity contribution is -0.192. The van der Waals surface area contributed by atoms with E-state index in [0.29, 0.717) is 17.9 Å². The summed E-state index contributed by atoms with van der Waals surface area (Å²) in [5, 5.41) is 6.00. The van der Waals surface area contributed by atoms with Crippen molar-refractivity contribution in [1.29, 1.82) is 0 Å². The molecule has 0 radical (unpaired) electrons. The predicted molar refractivity (Wildman–Crippen MR) is 109 cm³/mol. The molecule has 2 fully saturated rings. The van der Waals surface area contributed by atoms with Crippen LogP contribution in [0.1, 0.15) is 65.2 Å². The van der Waals surface area contributed by atoms with Crippen molar-refractivity contribution in [2.75, 3.05) is 18.5 Å². The van der Waals surface area contributed by atoms with Crippen LogP contribution in [-0.4, -0.2) is 25.0 Å². The van der Waals surface area contributed by atoms with E-state index in [-0.39, 0.29) is 11.2 Å². The highest BCUT2D eigenvalue weighted by molar-refractivity contribution is 7.11. The normalized spacial score (nSPS) is 26.3. The Morgan fingerprint density at radius 3 is 2.73 bits per heavy atom. The van der Waals surface area contributed by atoms with Gasteiger partial charge in [-0.05, 0) is 45.1 Å². The third-order valence-electron chi connectivity index (χ3n) is 5.60. The fourth-order valence-corrected chi connectivity index (χ4v) is 4.67. The highest BCUT2D eigenvalue weighted by Crippen LogP contribution is 2.43. The summed E-state index contributed by atoms with van der Waals surface area (Å²) in [6.07, 6.45) is 4.26. The first-order chi connectivity index (χ1) is 12.3. The zero-order valence-electron chi connectivity index (χ0n) is 16.9. The van der Waals surface area contributed by atoms with E-state index in [2.05, 4.69) is 63.2 Å². The minimum atomic E-state index is -0.315. The molecule has 0 amide bonds. The van der Waals surface area contributed by atoms with Crippen molar-refractivity contribution in [2.45, 2.75) is 72.1 Å². The van der Waals surface area contributed by atoms with E-state index in [1.54, 1.807) is 11.3 Å². The second-order valence-electron chi connectivity index (χ2n) is 8.85. The molecule has 0 bridgehead atoms. The summed E-state index contributed by atoms with van der Waals surface area (Å²) < 4.78 is 12.0. The van der Waals surface area contributed by atoms with Crippen molar-refractivity contribution in [3.8, 4) is 11.8 Å². The Bertz CT molecular complexity index is 658. The molecule has 1 saturated heterocycles. The van der Waals surface area contributed by atoms with Crippen molar-refractivity contribution in [1.82, 2.24) is 0 Å². The number of thiophene rings is 1. The molecular weight excluding hydrogens is 342 g/mol. The Kier molecular flexibility index (Phi) is 6.01. The molecule has 1 aromatic rings. The van der Waals surface area contributed by atoms with Crippen LogP contribution in [0.5, 0.6) is 0 Å². The van der Waals surface area contributed by atoms with Gasteiger partial charge in [0.25, 0.3) is 0 Å². The largest absolute Gasteiger partial charge is 0.381 e. The second kappa shape index (κ2) is 7.92. The molecule has 1 saturated carbocycles. The molecule has 4 heteroatoms. The fraction of sp³-hybridized carbons (Fsp3) is 0.727. The van der Waals surface area contributed by atoms with Crippen molar-refractivity contribution >= 4 is 17.0 Å². The number of hydrogen-bond donors (Lipinski definition) is 1. The molecule has 1 aromatic heterocycles. The minimum absolute atomic E-state index is 0.0399. The molecule has 1 N–H and O–H groups in total. The molecule has 1 aliphatic carbocycles. The Labute approximate surface area is 162 Å². The van der Waals surface area contributed by atoms with Crippen molar-refractivity contribution < 1.29 is 9.47 Å². The lowest BCUT2D eigenvalue weighted by Gasteiger charge is -2.44. The van der Waals surface area contributed by atoms with Gasteiger partial charge in [-0.1, -0.05) is 32.1 Å². The molecule has 2 aliphatic rings. The van der Waals surface area contributed by atoms with Crippen molar-refractivity contribution in [3.63, 3.8) is 0 Å². The number of nitrogens with one attached hydrogen (secondary N) is 1. The zero-order chi connectivity index (χ0) is 18.8. The molecule has 1 aliphatic heterocycles.